The molecule has 0 radical (unpaired) electrons. The van der Waals surface area contributed by atoms with E-state index in [0.717, 1.165) is 12.0 Å². The molecule has 182 valence electrons. The molecule has 3 amide bonds. The fourth-order valence-corrected chi connectivity index (χ4v) is 3.74. The van der Waals surface area contributed by atoms with Crippen LogP contribution in [0.3, 0.4) is 0 Å². The minimum Gasteiger partial charge on any atom is -0.493 e. The van der Waals surface area contributed by atoms with Gasteiger partial charge < -0.3 is 29.7 Å². The van der Waals surface area contributed by atoms with Crippen LogP contribution >= 0.6 is 11.3 Å². The molecule has 0 aliphatic heterocycles. The van der Waals surface area contributed by atoms with Crippen molar-refractivity contribution in [1.82, 2.24) is 20.4 Å². The number of hydrogen-bond acceptors (Lipinski definition) is 8. The minimum atomic E-state index is -0.346. The first-order valence-corrected chi connectivity index (χ1v) is 11.4. The summed E-state index contributed by atoms with van der Waals surface area (Å²) in [6.07, 6.45) is 0.949. The molecule has 10 nitrogen and oxygen atoms in total. The zero-order chi connectivity index (χ0) is 24.6. The van der Waals surface area contributed by atoms with Gasteiger partial charge in [0.25, 0.3) is 0 Å². The van der Waals surface area contributed by atoms with E-state index in [-0.39, 0.29) is 23.9 Å². The number of benzene rings is 1. The van der Waals surface area contributed by atoms with Crippen LogP contribution in [0.15, 0.2) is 12.1 Å². The van der Waals surface area contributed by atoms with E-state index >= 15 is 0 Å². The van der Waals surface area contributed by atoms with Crippen molar-refractivity contribution in [3.05, 3.63) is 12.1 Å². The number of urea groups is 1. The molecule has 11 heteroatoms. The SMILES string of the molecule is CCCN(CCC(=O)Nc1nnc(-c2cc(OC)c(OC)c(OC)c2)s1)C(=O)NC(C)(C)C. The lowest BCUT2D eigenvalue weighted by molar-refractivity contribution is -0.116. The van der Waals surface area contributed by atoms with Crippen molar-refractivity contribution >= 4 is 28.4 Å². The van der Waals surface area contributed by atoms with Crippen molar-refractivity contribution in [3.8, 4) is 27.8 Å². The zero-order valence-corrected chi connectivity index (χ0v) is 21.1. The Bertz CT molecular complexity index is 932. The van der Waals surface area contributed by atoms with Gasteiger partial charge in [-0.2, -0.15) is 0 Å². The third-order valence-electron chi connectivity index (χ3n) is 4.45. The van der Waals surface area contributed by atoms with Gasteiger partial charge in [-0.25, -0.2) is 4.79 Å². The number of aromatic nitrogens is 2. The molecule has 0 atom stereocenters. The summed E-state index contributed by atoms with van der Waals surface area (Å²) in [7, 11) is 4.61. The van der Waals surface area contributed by atoms with Crippen LogP contribution in [0.2, 0.25) is 0 Å². The van der Waals surface area contributed by atoms with E-state index in [0.29, 0.717) is 40.5 Å². The summed E-state index contributed by atoms with van der Waals surface area (Å²) < 4.78 is 16.1. The molecule has 2 aromatic rings. The highest BCUT2D eigenvalue weighted by Crippen LogP contribution is 2.42. The average molecular weight is 480 g/mol. The minimum absolute atomic E-state index is 0.149. The molecule has 0 bridgehead atoms. The first-order chi connectivity index (χ1) is 15.6. The summed E-state index contributed by atoms with van der Waals surface area (Å²) >= 11 is 1.23. The van der Waals surface area contributed by atoms with Gasteiger partial charge in [0.05, 0.1) is 21.3 Å². The van der Waals surface area contributed by atoms with Crippen LogP contribution in [0.5, 0.6) is 17.2 Å². The number of ether oxygens (including phenoxy) is 3. The smallest absolute Gasteiger partial charge is 0.317 e. The summed E-state index contributed by atoms with van der Waals surface area (Å²) in [6.45, 7) is 8.62. The fraction of sp³-hybridized carbons (Fsp3) is 0.545. The van der Waals surface area contributed by atoms with Crippen LogP contribution in [0, 0.1) is 0 Å². The van der Waals surface area contributed by atoms with E-state index in [4.69, 9.17) is 14.2 Å². The maximum Gasteiger partial charge on any atom is 0.317 e. The number of carbonyl (C=O) groups excluding carboxylic acids is 2. The largest absolute Gasteiger partial charge is 0.493 e. The second-order valence-electron chi connectivity index (χ2n) is 8.29. The van der Waals surface area contributed by atoms with Crippen molar-refractivity contribution < 1.29 is 23.8 Å². The maximum absolute atomic E-state index is 12.5. The number of amides is 3. The molecule has 0 aliphatic carbocycles. The number of methoxy groups -OCH3 is 3. The van der Waals surface area contributed by atoms with E-state index in [9.17, 15) is 9.59 Å². The topological polar surface area (TPSA) is 115 Å². The Kier molecular flexibility index (Phi) is 9.27. The molecule has 1 aromatic carbocycles. The van der Waals surface area contributed by atoms with Gasteiger partial charge in [0.15, 0.2) is 11.5 Å². The second kappa shape index (κ2) is 11.7. The average Bonchev–Trinajstić information content (AvgIpc) is 3.22. The normalized spacial score (nSPS) is 11.0. The predicted molar refractivity (Wildman–Crippen MR) is 128 cm³/mol. The molecule has 0 fully saturated rings. The van der Waals surface area contributed by atoms with Gasteiger partial charge in [0.1, 0.15) is 5.01 Å². The number of rotatable bonds is 10. The van der Waals surface area contributed by atoms with Crippen molar-refractivity contribution in [2.75, 3.05) is 39.7 Å². The van der Waals surface area contributed by atoms with E-state index in [1.54, 1.807) is 17.0 Å². The monoisotopic (exact) mass is 479 g/mol. The lowest BCUT2D eigenvalue weighted by atomic mass is 10.1. The zero-order valence-electron chi connectivity index (χ0n) is 20.3. The first kappa shape index (κ1) is 26.2. The molecule has 2 rings (SSSR count). The summed E-state index contributed by atoms with van der Waals surface area (Å²) in [4.78, 5) is 26.6. The first-order valence-electron chi connectivity index (χ1n) is 10.6. The number of anilines is 1. The summed E-state index contributed by atoms with van der Waals surface area (Å²) in [6, 6.07) is 3.35. The number of nitrogens with one attached hydrogen (secondary N) is 2. The molecule has 0 saturated carbocycles. The molecule has 0 unspecified atom stereocenters. The van der Waals surface area contributed by atoms with Gasteiger partial charge in [-0.15, -0.1) is 10.2 Å². The molecule has 2 N–H and O–H groups in total. The molecular weight excluding hydrogens is 446 g/mol. The van der Waals surface area contributed by atoms with Crippen LogP contribution in [0.1, 0.15) is 40.5 Å². The molecule has 1 heterocycles. The summed E-state index contributed by atoms with van der Waals surface area (Å²) in [5.41, 5.74) is 0.372. The third-order valence-corrected chi connectivity index (χ3v) is 5.34. The lowest BCUT2D eigenvalue weighted by Crippen LogP contribution is -2.49. The van der Waals surface area contributed by atoms with Gasteiger partial charge in [-0.1, -0.05) is 18.3 Å². The summed E-state index contributed by atoms with van der Waals surface area (Å²) in [5, 5.41) is 14.9. The van der Waals surface area contributed by atoms with Crippen molar-refractivity contribution in [1.29, 1.82) is 0 Å². The van der Waals surface area contributed by atoms with E-state index < -0.39 is 0 Å². The number of carbonyl (C=O) groups is 2. The van der Waals surface area contributed by atoms with Crippen LogP contribution < -0.4 is 24.8 Å². The van der Waals surface area contributed by atoms with E-state index in [1.165, 1.54) is 32.7 Å². The van der Waals surface area contributed by atoms with Crippen molar-refractivity contribution in [2.45, 2.75) is 46.1 Å². The third kappa shape index (κ3) is 7.48. The highest BCUT2D eigenvalue weighted by molar-refractivity contribution is 7.18. The Morgan fingerprint density at radius 2 is 1.67 bits per heavy atom. The quantitative estimate of drug-likeness (QED) is 0.533. The highest BCUT2D eigenvalue weighted by Gasteiger charge is 2.21. The van der Waals surface area contributed by atoms with Crippen LogP contribution in [-0.2, 0) is 4.79 Å². The van der Waals surface area contributed by atoms with Gasteiger partial charge in [-0.3, -0.25) is 4.79 Å². The molecule has 0 aliphatic rings. The molecular formula is C22H33N5O5S. The van der Waals surface area contributed by atoms with E-state index in [1.807, 2.05) is 27.7 Å². The van der Waals surface area contributed by atoms with Crippen LogP contribution in [0.25, 0.3) is 10.6 Å². The van der Waals surface area contributed by atoms with Gasteiger partial charge in [-0.05, 0) is 39.3 Å². The Morgan fingerprint density at radius 1 is 1.03 bits per heavy atom. The van der Waals surface area contributed by atoms with Gasteiger partial charge in [0.2, 0.25) is 16.8 Å². The van der Waals surface area contributed by atoms with Crippen molar-refractivity contribution in [2.24, 2.45) is 0 Å². The summed E-state index contributed by atoms with van der Waals surface area (Å²) in [5.74, 6) is 1.23. The lowest BCUT2D eigenvalue weighted by Gasteiger charge is -2.28. The predicted octanol–water partition coefficient (Wildman–Crippen LogP) is 3.78. The molecule has 0 spiro atoms. The maximum atomic E-state index is 12.5. The van der Waals surface area contributed by atoms with Gasteiger partial charge >= 0.3 is 6.03 Å². The fourth-order valence-electron chi connectivity index (χ4n) is 3.00. The molecule has 33 heavy (non-hydrogen) atoms. The Labute approximate surface area is 198 Å². The van der Waals surface area contributed by atoms with Gasteiger partial charge in [0, 0.05) is 30.6 Å². The Balaban J connectivity index is 2.05. The second-order valence-corrected chi connectivity index (χ2v) is 9.27. The standard InChI is InChI=1S/C22H33N5O5S/c1-8-10-27(21(29)24-22(2,3)4)11-9-17(28)23-20-26-25-19(33-20)14-12-15(30-5)18(32-7)16(13-14)31-6/h12-13H,8-11H2,1-7H3,(H,24,29)(H,23,26,28). The highest BCUT2D eigenvalue weighted by atomic mass is 32.1. The number of nitrogens with zero attached hydrogens (tertiary/aromatic N) is 3. The Morgan fingerprint density at radius 3 is 2.18 bits per heavy atom. The van der Waals surface area contributed by atoms with Crippen LogP contribution in [0.4, 0.5) is 9.93 Å². The number of hydrogen-bond donors (Lipinski definition) is 2. The Hall–Kier alpha value is -3.08. The molecule has 1 aromatic heterocycles. The molecule has 0 saturated heterocycles. The van der Waals surface area contributed by atoms with Crippen molar-refractivity contribution in [3.63, 3.8) is 0 Å². The van der Waals surface area contributed by atoms with E-state index in [2.05, 4.69) is 20.8 Å². The van der Waals surface area contributed by atoms with Crippen LogP contribution in [-0.4, -0.2) is 67.0 Å².